The van der Waals surface area contributed by atoms with E-state index in [2.05, 4.69) is 4.18 Å². The summed E-state index contributed by atoms with van der Waals surface area (Å²) in [5.41, 5.74) is 0. The molecule has 1 rings (SSSR count). The number of hydrogen-bond donors (Lipinski definition) is 6. The van der Waals surface area contributed by atoms with E-state index in [1.807, 2.05) is 0 Å². The van der Waals surface area contributed by atoms with Gasteiger partial charge in [0, 0.05) is 10.9 Å². The summed E-state index contributed by atoms with van der Waals surface area (Å²) in [5.74, 6) is 0.0631. The van der Waals surface area contributed by atoms with Crippen LogP contribution in [0.25, 0.3) is 0 Å². The van der Waals surface area contributed by atoms with Crippen molar-refractivity contribution >= 4 is 21.3 Å². The molecule has 0 saturated carbocycles. The minimum atomic E-state index is -4.82. The molecule has 1 heterocycles. The molecule has 1 aliphatic rings. The number of aliphatic hydroxyl groups excluding tert-OH is 5. The van der Waals surface area contributed by atoms with Crippen molar-refractivity contribution in [3.8, 4) is 0 Å². The molecule has 6 atom stereocenters. The first-order valence-corrected chi connectivity index (χ1v) is 8.76. The molecular formula is C9H19O9S2+. The summed E-state index contributed by atoms with van der Waals surface area (Å²) in [6.45, 7) is -1.23. The summed E-state index contributed by atoms with van der Waals surface area (Å²) < 4.78 is 33.8. The summed E-state index contributed by atoms with van der Waals surface area (Å²) in [7, 11) is -5.59. The maximum absolute atomic E-state index is 10.6. The van der Waals surface area contributed by atoms with Crippen molar-refractivity contribution in [2.24, 2.45) is 0 Å². The van der Waals surface area contributed by atoms with Crippen molar-refractivity contribution in [2.45, 2.75) is 29.7 Å². The molecular weight excluding hydrogens is 316 g/mol. The highest BCUT2D eigenvalue weighted by molar-refractivity contribution is 7.97. The van der Waals surface area contributed by atoms with Gasteiger partial charge in [0.1, 0.15) is 35.9 Å². The van der Waals surface area contributed by atoms with Crippen LogP contribution in [0.5, 0.6) is 0 Å². The maximum Gasteiger partial charge on any atom is 0.397 e. The van der Waals surface area contributed by atoms with Gasteiger partial charge >= 0.3 is 10.4 Å². The molecule has 0 aliphatic carbocycles. The Kier molecular flexibility index (Phi) is 6.63. The van der Waals surface area contributed by atoms with Crippen LogP contribution in [-0.4, -0.2) is 92.9 Å². The molecule has 0 radical (unpaired) electrons. The van der Waals surface area contributed by atoms with E-state index in [1.165, 1.54) is 0 Å². The first kappa shape index (κ1) is 18.1. The average Bonchev–Trinajstić information content (AvgIpc) is 2.60. The highest BCUT2D eigenvalue weighted by Gasteiger charge is 2.50. The van der Waals surface area contributed by atoms with E-state index >= 15 is 0 Å². The van der Waals surface area contributed by atoms with E-state index in [0.29, 0.717) is 0 Å². The number of aliphatic hydroxyl groups is 5. The zero-order chi connectivity index (χ0) is 15.5. The zero-order valence-electron chi connectivity index (χ0n) is 10.4. The highest BCUT2D eigenvalue weighted by Crippen LogP contribution is 2.25. The molecule has 120 valence electrons. The fraction of sp³-hybridized carbons (Fsp3) is 1.00. The van der Waals surface area contributed by atoms with Gasteiger partial charge in [0.25, 0.3) is 0 Å². The molecule has 1 unspecified atom stereocenters. The fourth-order valence-electron chi connectivity index (χ4n) is 1.99. The standard InChI is InChI=1S/C9H18O9S2/c10-1-7(18-20(15,16)17)5(12)3-19-4-6(13)9(14)8(19)2-11/h5-14H,1-4H2/p+1/t5-,6+,7-,8-,9-,19?/m0/s1. The second-order valence-corrected chi connectivity index (χ2v) is 7.86. The summed E-state index contributed by atoms with van der Waals surface area (Å²) >= 11 is 0. The Morgan fingerprint density at radius 1 is 1.30 bits per heavy atom. The van der Waals surface area contributed by atoms with E-state index in [-0.39, 0.29) is 11.5 Å². The van der Waals surface area contributed by atoms with Gasteiger partial charge in [-0.05, 0) is 0 Å². The van der Waals surface area contributed by atoms with Crippen LogP contribution in [0.3, 0.4) is 0 Å². The second kappa shape index (κ2) is 7.33. The molecule has 11 heteroatoms. The van der Waals surface area contributed by atoms with Crippen LogP contribution in [0.2, 0.25) is 0 Å². The van der Waals surface area contributed by atoms with Crippen molar-refractivity contribution in [1.82, 2.24) is 0 Å². The molecule has 9 nitrogen and oxygen atoms in total. The molecule has 0 spiro atoms. The average molecular weight is 335 g/mol. The maximum atomic E-state index is 10.6. The van der Waals surface area contributed by atoms with Gasteiger partial charge in [-0.3, -0.25) is 4.55 Å². The first-order valence-electron chi connectivity index (χ1n) is 5.77. The normalized spacial score (nSPS) is 34.1. The lowest BCUT2D eigenvalue weighted by molar-refractivity contribution is 0.0112. The lowest BCUT2D eigenvalue weighted by Gasteiger charge is -2.20. The van der Waals surface area contributed by atoms with Crippen LogP contribution in [0.4, 0.5) is 0 Å². The molecule has 0 aromatic heterocycles. The van der Waals surface area contributed by atoms with Crippen LogP contribution < -0.4 is 0 Å². The van der Waals surface area contributed by atoms with E-state index in [0.717, 1.165) is 0 Å². The third kappa shape index (κ3) is 4.79. The molecule has 1 fully saturated rings. The first-order chi connectivity index (χ1) is 9.19. The Labute approximate surface area is 119 Å². The summed E-state index contributed by atoms with van der Waals surface area (Å²) in [4.78, 5) is 0. The van der Waals surface area contributed by atoms with Crippen molar-refractivity contribution < 1.29 is 42.7 Å². The number of hydrogen-bond acceptors (Lipinski definition) is 8. The molecule has 0 bridgehead atoms. The molecule has 20 heavy (non-hydrogen) atoms. The van der Waals surface area contributed by atoms with E-state index in [1.54, 1.807) is 0 Å². The lowest BCUT2D eigenvalue weighted by atomic mass is 10.2. The van der Waals surface area contributed by atoms with Gasteiger partial charge in [0.15, 0.2) is 5.25 Å². The topological polar surface area (TPSA) is 165 Å². The second-order valence-electron chi connectivity index (χ2n) is 4.46. The minimum Gasteiger partial charge on any atom is -0.394 e. The predicted octanol–water partition coefficient (Wildman–Crippen LogP) is -3.76. The smallest absolute Gasteiger partial charge is 0.394 e. The zero-order valence-corrected chi connectivity index (χ0v) is 12.1. The Morgan fingerprint density at radius 3 is 2.35 bits per heavy atom. The SMILES string of the molecule is O=S(=O)(O)O[C@@H](CO)[C@@H](O)C[S+]1C[C@@H](O)[C@H](O)[C@@H]1CO. The van der Waals surface area contributed by atoms with E-state index in [9.17, 15) is 23.7 Å². The van der Waals surface area contributed by atoms with Gasteiger partial charge in [-0.1, -0.05) is 0 Å². The lowest BCUT2D eigenvalue weighted by Crippen LogP contribution is -2.42. The Morgan fingerprint density at radius 2 is 1.90 bits per heavy atom. The van der Waals surface area contributed by atoms with Crippen molar-refractivity contribution in [1.29, 1.82) is 0 Å². The van der Waals surface area contributed by atoms with Crippen LogP contribution in [0.15, 0.2) is 0 Å². The van der Waals surface area contributed by atoms with Crippen LogP contribution in [-0.2, 0) is 25.5 Å². The molecule has 1 aliphatic heterocycles. The minimum absolute atomic E-state index is 0.0832. The third-order valence-electron chi connectivity index (χ3n) is 3.01. The molecule has 1 saturated heterocycles. The van der Waals surface area contributed by atoms with Gasteiger partial charge in [-0.25, -0.2) is 4.18 Å². The highest BCUT2D eigenvalue weighted by atomic mass is 32.3. The van der Waals surface area contributed by atoms with Crippen molar-refractivity contribution in [2.75, 3.05) is 24.7 Å². The fourth-order valence-corrected chi connectivity index (χ4v) is 5.20. The van der Waals surface area contributed by atoms with Crippen molar-refractivity contribution in [3.05, 3.63) is 0 Å². The van der Waals surface area contributed by atoms with Crippen LogP contribution >= 0.6 is 0 Å². The van der Waals surface area contributed by atoms with E-state index in [4.69, 9.17) is 14.8 Å². The monoisotopic (exact) mass is 335 g/mol. The van der Waals surface area contributed by atoms with Gasteiger partial charge in [0.05, 0.1) is 13.2 Å². The third-order valence-corrected chi connectivity index (χ3v) is 6.32. The van der Waals surface area contributed by atoms with Crippen LogP contribution in [0, 0.1) is 0 Å². The Hall–Kier alpha value is 0.0200. The Bertz CT molecular complexity index is 400. The number of rotatable bonds is 7. The molecule has 0 amide bonds. The molecule has 0 aromatic rings. The van der Waals surface area contributed by atoms with Crippen molar-refractivity contribution in [3.63, 3.8) is 0 Å². The van der Waals surface area contributed by atoms with Gasteiger partial charge in [-0.15, -0.1) is 0 Å². The largest absolute Gasteiger partial charge is 0.397 e. The van der Waals surface area contributed by atoms with Gasteiger partial charge < -0.3 is 25.5 Å². The molecule has 6 N–H and O–H groups in total. The van der Waals surface area contributed by atoms with Gasteiger partial charge in [0.2, 0.25) is 0 Å². The van der Waals surface area contributed by atoms with Gasteiger partial charge in [-0.2, -0.15) is 8.42 Å². The predicted molar refractivity (Wildman–Crippen MR) is 69.5 cm³/mol. The summed E-state index contributed by atoms with van der Waals surface area (Å²) in [5, 5.41) is 46.4. The summed E-state index contributed by atoms with van der Waals surface area (Å²) in [6.07, 6.45) is -5.13. The Balaban J connectivity index is 2.66. The quantitative estimate of drug-likeness (QED) is 0.202. The molecule has 0 aromatic carbocycles. The summed E-state index contributed by atoms with van der Waals surface area (Å²) in [6, 6.07) is 0. The van der Waals surface area contributed by atoms with E-state index < -0.39 is 64.2 Å². The van der Waals surface area contributed by atoms with Crippen LogP contribution in [0.1, 0.15) is 0 Å².